The van der Waals surface area contributed by atoms with Crippen molar-refractivity contribution in [2.45, 2.75) is 6.42 Å². The van der Waals surface area contributed by atoms with Crippen LogP contribution in [-0.4, -0.2) is 26.4 Å². The number of hydrogen-bond donors (Lipinski definition) is 1. The first kappa shape index (κ1) is 15.5. The molecule has 0 fully saturated rings. The lowest BCUT2D eigenvalue weighted by atomic mass is 10.3. The van der Waals surface area contributed by atoms with Crippen molar-refractivity contribution in [3.63, 3.8) is 0 Å². The van der Waals surface area contributed by atoms with Crippen molar-refractivity contribution >= 4 is 35.1 Å². The van der Waals surface area contributed by atoms with Crippen molar-refractivity contribution in [1.82, 2.24) is 20.2 Å². The van der Waals surface area contributed by atoms with Gasteiger partial charge in [0.1, 0.15) is 0 Å². The molecule has 0 aliphatic heterocycles. The van der Waals surface area contributed by atoms with Gasteiger partial charge >= 0.3 is 0 Å². The van der Waals surface area contributed by atoms with Crippen LogP contribution in [0.25, 0.3) is 5.69 Å². The monoisotopic (exact) mass is 346 g/mol. The Balaban J connectivity index is 1.65. The van der Waals surface area contributed by atoms with Gasteiger partial charge in [-0.2, -0.15) is 9.78 Å². The molecule has 8 heteroatoms. The van der Waals surface area contributed by atoms with E-state index in [0.29, 0.717) is 22.3 Å². The average molecular weight is 347 g/mol. The highest BCUT2D eigenvalue weighted by Crippen LogP contribution is 2.14. The van der Waals surface area contributed by atoms with E-state index in [4.69, 9.17) is 23.2 Å². The molecule has 1 N–H and O–H groups in total. The molecular weight excluding hydrogens is 335 g/mol. The van der Waals surface area contributed by atoms with Gasteiger partial charge in [-0.3, -0.25) is 5.43 Å². The van der Waals surface area contributed by atoms with Crippen LogP contribution in [0.5, 0.6) is 0 Å². The van der Waals surface area contributed by atoms with Crippen LogP contribution in [0.3, 0.4) is 0 Å². The summed E-state index contributed by atoms with van der Waals surface area (Å²) in [7, 11) is 0. The van der Waals surface area contributed by atoms with Gasteiger partial charge in [-0.25, -0.2) is 0 Å². The van der Waals surface area contributed by atoms with E-state index in [1.807, 2.05) is 24.3 Å². The molecule has 0 radical (unpaired) electrons. The van der Waals surface area contributed by atoms with E-state index in [1.54, 1.807) is 35.2 Å². The topological polar surface area (TPSA) is 68.0 Å². The van der Waals surface area contributed by atoms with Crippen LogP contribution in [0.2, 0.25) is 10.0 Å². The Labute approximate surface area is 142 Å². The largest absolute Gasteiger partial charge is 0.279 e. The van der Waals surface area contributed by atoms with Crippen LogP contribution in [-0.2, 0) is 6.42 Å². The van der Waals surface area contributed by atoms with Gasteiger partial charge in [0.25, 0.3) is 0 Å². The summed E-state index contributed by atoms with van der Waals surface area (Å²) in [4.78, 5) is 0. The summed E-state index contributed by atoms with van der Waals surface area (Å²) >= 11 is 11.7. The zero-order valence-corrected chi connectivity index (χ0v) is 13.4. The average Bonchev–Trinajstić information content (AvgIpc) is 3.02. The number of hydrazone groups is 1. The lowest BCUT2D eigenvalue weighted by molar-refractivity contribution is 0.776. The molecule has 0 aliphatic carbocycles. The molecule has 0 spiro atoms. The molecule has 0 aliphatic rings. The van der Waals surface area contributed by atoms with E-state index in [9.17, 15) is 0 Å². The molecule has 0 unspecified atom stereocenters. The normalized spacial score (nSPS) is 11.0. The number of rotatable bonds is 5. The zero-order chi connectivity index (χ0) is 16.1. The number of halogens is 2. The van der Waals surface area contributed by atoms with Gasteiger partial charge in [0.2, 0.25) is 0 Å². The van der Waals surface area contributed by atoms with Crippen LogP contribution in [0.15, 0.2) is 53.6 Å². The molecule has 0 atom stereocenters. The van der Waals surface area contributed by atoms with Crippen LogP contribution in [0, 0.1) is 0 Å². The first-order valence-electron chi connectivity index (χ1n) is 6.79. The second kappa shape index (κ2) is 7.21. The Morgan fingerprint density at radius 3 is 2.35 bits per heavy atom. The Kier molecular flexibility index (Phi) is 4.85. The number of tetrazole rings is 1. The van der Waals surface area contributed by atoms with E-state index < -0.39 is 0 Å². The van der Waals surface area contributed by atoms with Crippen molar-refractivity contribution in [2.75, 3.05) is 5.43 Å². The predicted molar refractivity (Wildman–Crippen MR) is 91.4 cm³/mol. The summed E-state index contributed by atoms with van der Waals surface area (Å²) in [5.41, 5.74) is 4.61. The molecule has 1 heterocycles. The number of hydrogen-bond acceptors (Lipinski definition) is 5. The molecule has 3 aromatic rings. The van der Waals surface area contributed by atoms with E-state index >= 15 is 0 Å². The van der Waals surface area contributed by atoms with Crippen LogP contribution in [0.4, 0.5) is 5.69 Å². The number of nitrogens with one attached hydrogen (secondary N) is 1. The molecule has 0 saturated carbocycles. The first-order chi connectivity index (χ1) is 11.2. The quantitative estimate of drug-likeness (QED) is 0.566. The SMILES string of the molecule is Clc1ccc(NN=CCc2nnnn2-c2ccc(Cl)cc2)cc1. The van der Waals surface area contributed by atoms with Gasteiger partial charge in [-0.1, -0.05) is 23.2 Å². The van der Waals surface area contributed by atoms with Crippen LogP contribution in [0.1, 0.15) is 5.82 Å². The van der Waals surface area contributed by atoms with Gasteiger partial charge in [0.05, 0.1) is 11.4 Å². The predicted octanol–water partition coefficient (Wildman–Crippen LogP) is 3.61. The molecule has 2 aromatic carbocycles. The van der Waals surface area contributed by atoms with Crippen molar-refractivity contribution in [3.8, 4) is 5.69 Å². The fourth-order valence-corrected chi connectivity index (χ4v) is 2.14. The second-order valence-electron chi connectivity index (χ2n) is 4.62. The van der Waals surface area contributed by atoms with Gasteiger partial charge in [-0.15, -0.1) is 5.10 Å². The molecule has 6 nitrogen and oxygen atoms in total. The Morgan fingerprint density at radius 2 is 1.65 bits per heavy atom. The minimum atomic E-state index is 0.482. The fraction of sp³-hybridized carbons (Fsp3) is 0.0667. The number of anilines is 1. The highest BCUT2D eigenvalue weighted by Gasteiger charge is 2.06. The second-order valence-corrected chi connectivity index (χ2v) is 5.49. The van der Waals surface area contributed by atoms with Gasteiger partial charge in [-0.05, 0) is 59.0 Å². The number of nitrogens with zero attached hydrogens (tertiary/aromatic N) is 5. The van der Waals surface area contributed by atoms with Crippen molar-refractivity contribution in [3.05, 3.63) is 64.4 Å². The lowest BCUT2D eigenvalue weighted by Gasteiger charge is -2.03. The third-order valence-corrected chi connectivity index (χ3v) is 3.51. The minimum Gasteiger partial charge on any atom is -0.279 e. The molecule has 1 aromatic heterocycles. The molecule has 3 rings (SSSR count). The third kappa shape index (κ3) is 4.06. The third-order valence-electron chi connectivity index (χ3n) is 3.01. The molecular formula is C15H12Cl2N6. The number of benzene rings is 2. The lowest BCUT2D eigenvalue weighted by Crippen LogP contribution is -2.04. The molecule has 116 valence electrons. The van der Waals surface area contributed by atoms with Gasteiger partial charge in [0, 0.05) is 22.7 Å². The molecule has 0 saturated heterocycles. The summed E-state index contributed by atoms with van der Waals surface area (Å²) in [6.07, 6.45) is 2.18. The maximum atomic E-state index is 5.88. The summed E-state index contributed by atoms with van der Waals surface area (Å²) in [5, 5.41) is 17.2. The van der Waals surface area contributed by atoms with Crippen LogP contribution < -0.4 is 5.43 Å². The Hall–Kier alpha value is -2.44. The molecule has 0 bridgehead atoms. The van der Waals surface area contributed by atoms with Crippen molar-refractivity contribution in [1.29, 1.82) is 0 Å². The Morgan fingerprint density at radius 1 is 1.00 bits per heavy atom. The van der Waals surface area contributed by atoms with E-state index in [1.165, 1.54) is 0 Å². The van der Waals surface area contributed by atoms with Crippen LogP contribution >= 0.6 is 23.2 Å². The highest BCUT2D eigenvalue weighted by molar-refractivity contribution is 6.30. The zero-order valence-electron chi connectivity index (χ0n) is 11.9. The summed E-state index contributed by atoms with van der Waals surface area (Å²) in [6.45, 7) is 0. The smallest absolute Gasteiger partial charge is 0.162 e. The van der Waals surface area contributed by atoms with E-state index in [2.05, 4.69) is 26.1 Å². The van der Waals surface area contributed by atoms with Gasteiger partial charge in [0.15, 0.2) is 5.82 Å². The van der Waals surface area contributed by atoms with Crippen molar-refractivity contribution < 1.29 is 0 Å². The fourth-order valence-electron chi connectivity index (χ4n) is 1.89. The van der Waals surface area contributed by atoms with Crippen molar-refractivity contribution in [2.24, 2.45) is 5.10 Å². The molecule has 0 amide bonds. The maximum Gasteiger partial charge on any atom is 0.162 e. The number of aromatic nitrogens is 4. The first-order valence-corrected chi connectivity index (χ1v) is 7.54. The standard InChI is InChI=1S/C15H12Cl2N6/c16-11-1-5-13(6-2-11)19-18-10-9-15-20-21-22-23(15)14-7-3-12(17)4-8-14/h1-8,10,19H,9H2. The minimum absolute atomic E-state index is 0.482. The Bertz CT molecular complexity index is 796. The summed E-state index contributed by atoms with van der Waals surface area (Å²) in [6, 6.07) is 14.6. The van der Waals surface area contributed by atoms with Gasteiger partial charge < -0.3 is 0 Å². The summed E-state index contributed by atoms with van der Waals surface area (Å²) in [5.74, 6) is 0.675. The molecule has 23 heavy (non-hydrogen) atoms. The van der Waals surface area contributed by atoms with E-state index in [-0.39, 0.29) is 0 Å². The summed E-state index contributed by atoms with van der Waals surface area (Å²) < 4.78 is 1.64. The maximum absolute atomic E-state index is 5.88. The van der Waals surface area contributed by atoms with E-state index in [0.717, 1.165) is 11.4 Å². The highest BCUT2D eigenvalue weighted by atomic mass is 35.5.